The van der Waals surface area contributed by atoms with Crippen LogP contribution in [0.25, 0.3) is 11.4 Å². The van der Waals surface area contributed by atoms with Crippen LogP contribution in [0.15, 0.2) is 42.5 Å². The Labute approximate surface area is 153 Å². The van der Waals surface area contributed by atoms with Gasteiger partial charge in [0.25, 0.3) is 0 Å². The lowest BCUT2D eigenvalue weighted by atomic mass is 10.1. The largest absolute Gasteiger partial charge is 0.339 e. The maximum absolute atomic E-state index is 14.1. The molecule has 0 bridgehead atoms. The van der Waals surface area contributed by atoms with Crippen LogP contribution in [0.5, 0.6) is 0 Å². The van der Waals surface area contributed by atoms with E-state index in [0.717, 1.165) is 18.3 Å². The van der Waals surface area contributed by atoms with Crippen LogP contribution in [0.4, 0.5) is 26.1 Å². The van der Waals surface area contributed by atoms with Gasteiger partial charge < -0.3 is 16.2 Å². The zero-order chi connectivity index (χ0) is 19.4. The normalized spacial score (nSPS) is 10.1. The van der Waals surface area contributed by atoms with E-state index in [9.17, 15) is 8.78 Å². The van der Waals surface area contributed by atoms with E-state index >= 15 is 0 Å². The average molecular weight is 365 g/mol. The molecule has 0 atom stereocenters. The molecule has 3 rings (SSSR count). The summed E-state index contributed by atoms with van der Waals surface area (Å²) in [4.78, 5) is 8.36. The minimum Gasteiger partial charge on any atom is -0.339 e. The van der Waals surface area contributed by atoms with Crippen molar-refractivity contribution in [2.45, 2.75) is 0 Å². The number of aromatic nitrogens is 2. The maximum atomic E-state index is 14.1. The third-order valence-electron chi connectivity index (χ3n) is 3.68. The van der Waals surface area contributed by atoms with Gasteiger partial charge in [0.05, 0.1) is 22.8 Å². The van der Waals surface area contributed by atoms with Gasteiger partial charge in [0.2, 0.25) is 0 Å². The number of nitrogens with one attached hydrogen (secondary N) is 3. The molecule has 5 N–H and O–H groups in total. The van der Waals surface area contributed by atoms with Crippen LogP contribution in [-0.2, 0) is 0 Å². The van der Waals surface area contributed by atoms with Crippen molar-refractivity contribution in [3.05, 3.63) is 65.2 Å². The Balaban J connectivity index is 2.10. The number of nitrogens with zero attached hydrogens (tertiary/aromatic N) is 3. The van der Waals surface area contributed by atoms with E-state index in [1.165, 1.54) is 6.07 Å². The third-order valence-corrected chi connectivity index (χ3v) is 3.68. The number of nitrogens with two attached hydrogens (primary N) is 1. The summed E-state index contributed by atoms with van der Waals surface area (Å²) < 4.78 is 27.3. The Kier molecular flexibility index (Phi) is 5.01. The van der Waals surface area contributed by atoms with E-state index < -0.39 is 11.6 Å². The SMILES string of the molecule is N#Cc1ccc(Nc2nc(-c3ccc(F)cc3F)nc(NN)c2C=N)cc1. The molecule has 0 radical (unpaired) electrons. The number of hydrogen-bond acceptors (Lipinski definition) is 7. The third kappa shape index (κ3) is 3.70. The number of benzene rings is 2. The van der Waals surface area contributed by atoms with Gasteiger partial charge in [-0.2, -0.15) is 5.26 Å². The lowest BCUT2D eigenvalue weighted by Gasteiger charge is -2.14. The number of halogens is 2. The Morgan fingerprint density at radius 1 is 1.07 bits per heavy atom. The second kappa shape index (κ2) is 7.55. The van der Waals surface area contributed by atoms with E-state index in [1.807, 2.05) is 6.07 Å². The van der Waals surface area contributed by atoms with E-state index in [2.05, 4.69) is 20.7 Å². The summed E-state index contributed by atoms with van der Waals surface area (Å²) in [6, 6.07) is 11.6. The van der Waals surface area contributed by atoms with Crippen LogP contribution >= 0.6 is 0 Å². The first-order valence-corrected chi connectivity index (χ1v) is 7.67. The number of rotatable bonds is 5. The summed E-state index contributed by atoms with van der Waals surface area (Å²) in [5, 5.41) is 19.5. The molecule has 27 heavy (non-hydrogen) atoms. The van der Waals surface area contributed by atoms with Crippen molar-refractivity contribution in [2.24, 2.45) is 5.84 Å². The van der Waals surface area contributed by atoms with Gasteiger partial charge in [-0.25, -0.2) is 24.6 Å². The number of hydrogen-bond donors (Lipinski definition) is 4. The minimum absolute atomic E-state index is 0.0210. The second-order valence-electron chi connectivity index (χ2n) is 5.39. The standard InChI is InChI=1S/C18H13F2N7/c19-11-3-6-13(15(20)7-11)16-25-17(14(9-22)18(26-16)27-23)24-12-4-1-10(8-21)2-5-12/h1-7,9,22H,23H2,(H2,24,25,26,27). The van der Waals surface area contributed by atoms with Gasteiger partial charge in [-0.05, 0) is 36.4 Å². The fraction of sp³-hybridized carbons (Fsp3) is 0. The van der Waals surface area contributed by atoms with Crippen LogP contribution in [0.2, 0.25) is 0 Å². The molecule has 0 fully saturated rings. The quantitative estimate of drug-likeness (QED) is 0.312. The Bertz CT molecular complexity index is 1040. The Morgan fingerprint density at radius 2 is 1.78 bits per heavy atom. The number of anilines is 3. The van der Waals surface area contributed by atoms with Crippen LogP contribution in [-0.4, -0.2) is 16.2 Å². The zero-order valence-electron chi connectivity index (χ0n) is 13.8. The van der Waals surface area contributed by atoms with Crippen molar-refractivity contribution < 1.29 is 8.78 Å². The number of nitrogen functional groups attached to an aromatic ring is 1. The molecule has 9 heteroatoms. The summed E-state index contributed by atoms with van der Waals surface area (Å²) in [6.45, 7) is 0. The van der Waals surface area contributed by atoms with Gasteiger partial charge in [-0.15, -0.1) is 0 Å². The van der Waals surface area contributed by atoms with Crippen LogP contribution in [0, 0.1) is 28.4 Å². The topological polar surface area (TPSA) is 124 Å². The first-order chi connectivity index (χ1) is 13.0. The molecule has 7 nitrogen and oxygen atoms in total. The molecule has 0 saturated carbocycles. The Hall–Kier alpha value is -3.90. The molecule has 1 aromatic heterocycles. The lowest BCUT2D eigenvalue weighted by Crippen LogP contribution is -2.14. The fourth-order valence-corrected chi connectivity index (χ4v) is 2.37. The fourth-order valence-electron chi connectivity index (χ4n) is 2.37. The highest BCUT2D eigenvalue weighted by Gasteiger charge is 2.16. The van der Waals surface area contributed by atoms with Gasteiger partial charge in [-0.3, -0.25) is 0 Å². The molecule has 0 aliphatic rings. The van der Waals surface area contributed by atoms with Gasteiger partial charge in [0.1, 0.15) is 17.5 Å². The highest BCUT2D eigenvalue weighted by molar-refractivity contribution is 5.92. The predicted octanol–water partition coefficient (Wildman–Crippen LogP) is 3.32. The molecule has 0 spiro atoms. The molecule has 0 amide bonds. The van der Waals surface area contributed by atoms with Crippen LogP contribution < -0.4 is 16.6 Å². The van der Waals surface area contributed by atoms with E-state index in [4.69, 9.17) is 16.5 Å². The zero-order valence-corrected chi connectivity index (χ0v) is 13.8. The monoisotopic (exact) mass is 365 g/mol. The average Bonchev–Trinajstić information content (AvgIpc) is 2.68. The molecule has 0 aliphatic carbocycles. The molecule has 1 heterocycles. The molecule has 0 aliphatic heterocycles. The first kappa shape index (κ1) is 17.9. The van der Waals surface area contributed by atoms with E-state index in [1.54, 1.807) is 24.3 Å². The Morgan fingerprint density at radius 3 is 2.37 bits per heavy atom. The highest BCUT2D eigenvalue weighted by Crippen LogP contribution is 2.28. The summed E-state index contributed by atoms with van der Waals surface area (Å²) >= 11 is 0. The van der Waals surface area contributed by atoms with Crippen LogP contribution in [0.3, 0.4) is 0 Å². The summed E-state index contributed by atoms with van der Waals surface area (Å²) in [6.07, 6.45) is 0.992. The van der Waals surface area contributed by atoms with Crippen molar-refractivity contribution in [2.75, 3.05) is 10.7 Å². The van der Waals surface area contributed by atoms with Gasteiger partial charge >= 0.3 is 0 Å². The molecule has 0 unspecified atom stereocenters. The maximum Gasteiger partial charge on any atom is 0.166 e. The lowest BCUT2D eigenvalue weighted by molar-refractivity contribution is 0.585. The van der Waals surface area contributed by atoms with Crippen molar-refractivity contribution in [3.63, 3.8) is 0 Å². The van der Waals surface area contributed by atoms with Crippen molar-refractivity contribution in [1.82, 2.24) is 9.97 Å². The van der Waals surface area contributed by atoms with Crippen molar-refractivity contribution in [3.8, 4) is 17.5 Å². The first-order valence-electron chi connectivity index (χ1n) is 7.67. The van der Waals surface area contributed by atoms with Gasteiger partial charge in [-0.1, -0.05) is 0 Å². The number of hydrazine groups is 1. The molecular weight excluding hydrogens is 352 g/mol. The summed E-state index contributed by atoms with van der Waals surface area (Å²) in [5.74, 6) is 4.17. The van der Waals surface area contributed by atoms with Crippen molar-refractivity contribution >= 4 is 23.5 Å². The van der Waals surface area contributed by atoms with Gasteiger partial charge in [0.15, 0.2) is 11.6 Å². The van der Waals surface area contributed by atoms with Crippen LogP contribution in [0.1, 0.15) is 11.1 Å². The van der Waals surface area contributed by atoms with E-state index in [-0.39, 0.29) is 28.6 Å². The second-order valence-corrected chi connectivity index (χ2v) is 5.39. The molecule has 3 aromatic rings. The molecule has 2 aromatic carbocycles. The smallest absolute Gasteiger partial charge is 0.166 e. The van der Waals surface area contributed by atoms with Gasteiger partial charge in [0, 0.05) is 18.0 Å². The van der Waals surface area contributed by atoms with E-state index in [0.29, 0.717) is 11.3 Å². The summed E-state index contributed by atoms with van der Waals surface area (Å²) in [5.41, 5.74) is 3.64. The summed E-state index contributed by atoms with van der Waals surface area (Å²) in [7, 11) is 0. The predicted molar refractivity (Wildman–Crippen MR) is 97.5 cm³/mol. The minimum atomic E-state index is -0.829. The molecule has 134 valence electrons. The van der Waals surface area contributed by atoms with Crippen molar-refractivity contribution in [1.29, 1.82) is 10.7 Å². The molecular formula is C18H13F2N7. The number of nitriles is 1. The molecule has 0 saturated heterocycles. The highest BCUT2D eigenvalue weighted by atomic mass is 19.1.